The molecule has 4 rings (SSSR count). The lowest BCUT2D eigenvalue weighted by Gasteiger charge is -2.28. The number of nitrogens with zero attached hydrogens (tertiary/aromatic N) is 4. The summed E-state index contributed by atoms with van der Waals surface area (Å²) in [6.45, 7) is 6.66. The molecule has 1 amide bonds. The van der Waals surface area contributed by atoms with Gasteiger partial charge in [-0.05, 0) is 23.5 Å². The number of hydrogen-bond acceptors (Lipinski definition) is 4. The van der Waals surface area contributed by atoms with Gasteiger partial charge >= 0.3 is 0 Å². The molecule has 5 nitrogen and oxygen atoms in total. The minimum absolute atomic E-state index is 0.157. The van der Waals surface area contributed by atoms with Crippen molar-refractivity contribution >= 4 is 17.7 Å². The fraction of sp³-hybridized carbons (Fsp3) is 0.348. The predicted molar refractivity (Wildman–Crippen MR) is 117 cm³/mol. The standard InChI is InChI=1S/C23H26N4OS/c1-17(2)14-27-22(19-9-4-3-5-10-19)24-25-23(27)29-16-21(28)26-13-12-18-8-6-7-11-20(18)15-26/h3-11,17H,12-16H2,1-2H3. The Morgan fingerprint density at radius 1 is 1.03 bits per heavy atom. The largest absolute Gasteiger partial charge is 0.337 e. The Hall–Kier alpha value is -2.60. The molecule has 0 spiro atoms. The van der Waals surface area contributed by atoms with Crippen LogP contribution in [-0.2, 0) is 24.3 Å². The summed E-state index contributed by atoms with van der Waals surface area (Å²) in [5.74, 6) is 1.86. The molecule has 0 unspecified atom stereocenters. The Kier molecular flexibility index (Phi) is 6.00. The molecule has 1 aromatic heterocycles. The maximum Gasteiger partial charge on any atom is 0.233 e. The summed E-state index contributed by atoms with van der Waals surface area (Å²) in [5.41, 5.74) is 3.66. The summed E-state index contributed by atoms with van der Waals surface area (Å²) in [5, 5.41) is 9.64. The molecule has 0 N–H and O–H groups in total. The van der Waals surface area contributed by atoms with Gasteiger partial charge in [-0.2, -0.15) is 0 Å². The second kappa shape index (κ2) is 8.82. The lowest BCUT2D eigenvalue weighted by Crippen LogP contribution is -2.37. The number of aromatic nitrogens is 3. The van der Waals surface area contributed by atoms with Gasteiger partial charge in [-0.3, -0.25) is 4.79 Å². The smallest absolute Gasteiger partial charge is 0.233 e. The van der Waals surface area contributed by atoms with E-state index in [1.54, 1.807) is 0 Å². The molecule has 0 atom stereocenters. The monoisotopic (exact) mass is 406 g/mol. The third-order valence-corrected chi connectivity index (χ3v) is 6.06. The van der Waals surface area contributed by atoms with E-state index in [1.807, 2.05) is 41.3 Å². The molecular weight excluding hydrogens is 380 g/mol. The third-order valence-electron chi connectivity index (χ3n) is 5.10. The van der Waals surface area contributed by atoms with Gasteiger partial charge < -0.3 is 9.47 Å². The fourth-order valence-electron chi connectivity index (χ4n) is 3.65. The van der Waals surface area contributed by atoms with Crippen molar-refractivity contribution in [1.82, 2.24) is 19.7 Å². The minimum Gasteiger partial charge on any atom is -0.337 e. The Labute approximate surface area is 176 Å². The zero-order valence-electron chi connectivity index (χ0n) is 16.9. The van der Waals surface area contributed by atoms with Crippen LogP contribution in [0.3, 0.4) is 0 Å². The molecule has 0 aliphatic carbocycles. The van der Waals surface area contributed by atoms with Crippen LogP contribution in [0.5, 0.6) is 0 Å². The number of fused-ring (bicyclic) bond motifs is 1. The number of hydrogen-bond donors (Lipinski definition) is 0. The zero-order chi connectivity index (χ0) is 20.2. The van der Waals surface area contributed by atoms with Crippen LogP contribution in [0.4, 0.5) is 0 Å². The third kappa shape index (κ3) is 4.53. The number of thioether (sulfide) groups is 1. The van der Waals surface area contributed by atoms with Crippen LogP contribution in [0.15, 0.2) is 59.8 Å². The molecule has 1 aliphatic heterocycles. The Balaban J connectivity index is 1.47. The first-order chi connectivity index (χ1) is 14.1. The van der Waals surface area contributed by atoms with Crippen molar-refractivity contribution in [1.29, 1.82) is 0 Å². The second-order valence-electron chi connectivity index (χ2n) is 7.80. The van der Waals surface area contributed by atoms with Crippen molar-refractivity contribution in [3.63, 3.8) is 0 Å². The van der Waals surface area contributed by atoms with Gasteiger partial charge in [0.1, 0.15) is 0 Å². The van der Waals surface area contributed by atoms with Gasteiger partial charge in [-0.25, -0.2) is 0 Å². The van der Waals surface area contributed by atoms with Gasteiger partial charge in [0.25, 0.3) is 0 Å². The number of amides is 1. The first-order valence-corrected chi connectivity index (χ1v) is 11.1. The molecule has 1 aliphatic rings. The van der Waals surface area contributed by atoms with E-state index in [1.165, 1.54) is 22.9 Å². The molecule has 0 radical (unpaired) electrons. The lowest BCUT2D eigenvalue weighted by atomic mass is 10.00. The van der Waals surface area contributed by atoms with Crippen molar-refractivity contribution in [2.24, 2.45) is 5.92 Å². The van der Waals surface area contributed by atoms with Gasteiger partial charge in [0.15, 0.2) is 11.0 Å². The highest BCUT2D eigenvalue weighted by atomic mass is 32.2. The van der Waals surface area contributed by atoms with Crippen LogP contribution in [0.2, 0.25) is 0 Å². The van der Waals surface area contributed by atoms with E-state index in [0.717, 1.165) is 36.1 Å². The van der Waals surface area contributed by atoms with E-state index in [4.69, 9.17) is 0 Å². The molecule has 6 heteroatoms. The molecule has 3 aromatic rings. The molecule has 0 saturated carbocycles. The maximum absolute atomic E-state index is 12.8. The highest BCUT2D eigenvalue weighted by Crippen LogP contribution is 2.26. The van der Waals surface area contributed by atoms with Gasteiger partial charge in [0.2, 0.25) is 5.91 Å². The van der Waals surface area contributed by atoms with Crippen molar-refractivity contribution in [2.45, 2.75) is 38.5 Å². The van der Waals surface area contributed by atoms with E-state index in [9.17, 15) is 4.79 Å². The van der Waals surface area contributed by atoms with E-state index < -0.39 is 0 Å². The summed E-state index contributed by atoms with van der Waals surface area (Å²) >= 11 is 1.49. The van der Waals surface area contributed by atoms with Gasteiger partial charge in [-0.15, -0.1) is 10.2 Å². The number of rotatable bonds is 6. The van der Waals surface area contributed by atoms with Crippen molar-refractivity contribution < 1.29 is 4.79 Å². The first kappa shape index (κ1) is 19.7. The summed E-state index contributed by atoms with van der Waals surface area (Å²) in [4.78, 5) is 14.8. The van der Waals surface area contributed by atoms with Crippen molar-refractivity contribution in [3.8, 4) is 11.4 Å². The predicted octanol–water partition coefficient (Wildman–Crippen LogP) is 4.28. The molecule has 150 valence electrons. The Bertz CT molecular complexity index is 984. The first-order valence-electron chi connectivity index (χ1n) is 10.1. The number of carbonyl (C=O) groups excluding carboxylic acids is 1. The molecular formula is C23H26N4OS. The van der Waals surface area contributed by atoms with Crippen molar-refractivity contribution in [2.75, 3.05) is 12.3 Å². The lowest BCUT2D eigenvalue weighted by molar-refractivity contribution is -0.129. The Morgan fingerprint density at radius 2 is 1.76 bits per heavy atom. The van der Waals surface area contributed by atoms with Crippen molar-refractivity contribution in [3.05, 3.63) is 65.7 Å². The highest BCUT2D eigenvalue weighted by molar-refractivity contribution is 7.99. The fourth-order valence-corrected chi connectivity index (χ4v) is 4.50. The average Bonchev–Trinajstić information content (AvgIpc) is 3.14. The van der Waals surface area contributed by atoms with E-state index in [-0.39, 0.29) is 5.91 Å². The summed E-state index contributed by atoms with van der Waals surface area (Å²) < 4.78 is 2.14. The van der Waals surface area contributed by atoms with Gasteiger partial charge in [0.05, 0.1) is 5.75 Å². The van der Waals surface area contributed by atoms with Gasteiger partial charge in [-0.1, -0.05) is 80.2 Å². The molecule has 2 heterocycles. The highest BCUT2D eigenvalue weighted by Gasteiger charge is 2.22. The minimum atomic E-state index is 0.157. The van der Waals surface area contributed by atoms with Crippen LogP contribution >= 0.6 is 11.8 Å². The quantitative estimate of drug-likeness (QED) is 0.574. The molecule has 29 heavy (non-hydrogen) atoms. The maximum atomic E-state index is 12.8. The number of benzene rings is 2. The molecule has 2 aromatic carbocycles. The van der Waals surface area contributed by atoms with Crippen LogP contribution in [0.25, 0.3) is 11.4 Å². The molecule has 0 bridgehead atoms. The van der Waals surface area contributed by atoms with Crippen LogP contribution < -0.4 is 0 Å². The Morgan fingerprint density at radius 3 is 2.52 bits per heavy atom. The van der Waals surface area contributed by atoms with E-state index >= 15 is 0 Å². The summed E-state index contributed by atoms with van der Waals surface area (Å²) in [6.07, 6.45) is 0.925. The van der Waals surface area contributed by atoms with E-state index in [0.29, 0.717) is 18.2 Å². The second-order valence-corrected chi connectivity index (χ2v) is 8.74. The summed E-state index contributed by atoms with van der Waals surface area (Å²) in [6, 6.07) is 18.5. The number of carbonyl (C=O) groups is 1. The molecule has 0 saturated heterocycles. The average molecular weight is 407 g/mol. The van der Waals surface area contributed by atoms with E-state index in [2.05, 4.69) is 46.8 Å². The van der Waals surface area contributed by atoms with Gasteiger partial charge in [0, 0.05) is 25.2 Å². The molecule has 0 fully saturated rings. The summed E-state index contributed by atoms with van der Waals surface area (Å²) in [7, 11) is 0. The van der Waals surface area contributed by atoms with Crippen LogP contribution in [-0.4, -0.2) is 37.9 Å². The van der Waals surface area contributed by atoms with Crippen LogP contribution in [0.1, 0.15) is 25.0 Å². The zero-order valence-corrected chi connectivity index (χ0v) is 17.7. The SMILES string of the molecule is CC(C)Cn1c(SCC(=O)N2CCc3ccccc3C2)nnc1-c1ccccc1. The van der Waals surface area contributed by atoms with Crippen LogP contribution in [0, 0.1) is 5.92 Å². The normalized spacial score (nSPS) is 13.6. The topological polar surface area (TPSA) is 51.0 Å².